The van der Waals surface area contributed by atoms with Crippen molar-refractivity contribution in [2.45, 2.75) is 20.0 Å². The summed E-state index contributed by atoms with van der Waals surface area (Å²) in [6, 6.07) is 5.61. The van der Waals surface area contributed by atoms with Crippen molar-refractivity contribution in [3.8, 4) is 0 Å². The lowest BCUT2D eigenvalue weighted by atomic mass is 10.1. The molecule has 1 aliphatic rings. The number of amides is 2. The van der Waals surface area contributed by atoms with Gasteiger partial charge in [-0.3, -0.25) is 14.3 Å². The van der Waals surface area contributed by atoms with Crippen LogP contribution in [-0.2, 0) is 16.6 Å². The zero-order valence-corrected chi connectivity index (χ0v) is 16.2. The fraction of sp³-hybridized carbons (Fsp3) is 0.350. The number of hydrogen-bond acceptors (Lipinski definition) is 4. The Bertz CT molecular complexity index is 1050. The fourth-order valence-corrected chi connectivity index (χ4v) is 3.40. The molecule has 1 aromatic carbocycles. The highest BCUT2D eigenvalue weighted by molar-refractivity contribution is 6.00. The number of anilines is 1. The Kier molecular flexibility index (Phi) is 4.64. The first kappa shape index (κ1) is 18.2. The molecule has 28 heavy (non-hydrogen) atoms. The van der Waals surface area contributed by atoms with Crippen LogP contribution < -0.4 is 5.32 Å². The molecule has 0 spiro atoms. The molecule has 1 fully saturated rings. The summed E-state index contributed by atoms with van der Waals surface area (Å²) in [4.78, 5) is 30.4. The number of hydrogen-bond donors (Lipinski definition) is 2. The first-order valence-electron chi connectivity index (χ1n) is 9.22. The van der Waals surface area contributed by atoms with E-state index in [0.717, 1.165) is 22.2 Å². The standard InChI is InChI=1S/C20H23N5O3/c1-12-9-21-16-5-4-14(8-15(12)16)20(27)25-6-7-28-18(11-25)19(26)23-17-10-22-24(3)13(17)2/h4-5,8-10,18,21H,6-7,11H2,1-3H3,(H,23,26). The van der Waals surface area contributed by atoms with E-state index in [9.17, 15) is 9.59 Å². The van der Waals surface area contributed by atoms with Gasteiger partial charge in [0.1, 0.15) is 0 Å². The number of benzene rings is 1. The highest BCUT2D eigenvalue weighted by Gasteiger charge is 2.30. The van der Waals surface area contributed by atoms with Crippen molar-refractivity contribution in [1.82, 2.24) is 19.7 Å². The van der Waals surface area contributed by atoms with E-state index in [1.807, 2.05) is 45.3 Å². The molecule has 0 aliphatic carbocycles. The number of carbonyl (C=O) groups excluding carboxylic acids is 2. The number of aryl methyl sites for hydroxylation is 2. The summed E-state index contributed by atoms with van der Waals surface area (Å²) in [6.45, 7) is 4.87. The van der Waals surface area contributed by atoms with Gasteiger partial charge in [0.25, 0.3) is 11.8 Å². The summed E-state index contributed by atoms with van der Waals surface area (Å²) in [6.07, 6.45) is 2.82. The predicted molar refractivity (Wildman–Crippen MR) is 105 cm³/mol. The van der Waals surface area contributed by atoms with E-state index >= 15 is 0 Å². The average Bonchev–Trinajstić information content (AvgIpc) is 3.24. The number of aromatic amines is 1. The van der Waals surface area contributed by atoms with Crippen molar-refractivity contribution < 1.29 is 14.3 Å². The van der Waals surface area contributed by atoms with E-state index in [1.54, 1.807) is 15.8 Å². The lowest BCUT2D eigenvalue weighted by molar-refractivity contribution is -0.131. The number of H-pyrrole nitrogens is 1. The lowest BCUT2D eigenvalue weighted by Crippen LogP contribution is -2.50. The van der Waals surface area contributed by atoms with Crippen LogP contribution in [0.4, 0.5) is 5.69 Å². The second kappa shape index (κ2) is 7.12. The monoisotopic (exact) mass is 381 g/mol. The van der Waals surface area contributed by atoms with Gasteiger partial charge in [-0.15, -0.1) is 0 Å². The maximum absolute atomic E-state index is 13.0. The molecule has 1 atom stereocenters. The van der Waals surface area contributed by atoms with E-state index in [1.165, 1.54) is 0 Å². The van der Waals surface area contributed by atoms with E-state index < -0.39 is 6.10 Å². The zero-order chi connectivity index (χ0) is 19.8. The second-order valence-electron chi connectivity index (χ2n) is 7.10. The molecule has 0 saturated carbocycles. The first-order chi connectivity index (χ1) is 13.4. The van der Waals surface area contributed by atoms with Crippen molar-refractivity contribution in [1.29, 1.82) is 0 Å². The number of nitrogens with one attached hydrogen (secondary N) is 2. The second-order valence-corrected chi connectivity index (χ2v) is 7.10. The molecule has 3 heterocycles. The van der Waals surface area contributed by atoms with Crippen molar-refractivity contribution in [2.75, 3.05) is 25.0 Å². The molecule has 2 amide bonds. The van der Waals surface area contributed by atoms with Crippen LogP contribution in [0.3, 0.4) is 0 Å². The van der Waals surface area contributed by atoms with Gasteiger partial charge < -0.3 is 19.9 Å². The maximum Gasteiger partial charge on any atom is 0.255 e. The van der Waals surface area contributed by atoms with E-state index in [0.29, 0.717) is 24.4 Å². The third-order valence-corrected chi connectivity index (χ3v) is 5.27. The Hall–Kier alpha value is -3.13. The van der Waals surface area contributed by atoms with E-state index in [4.69, 9.17) is 4.74 Å². The minimum absolute atomic E-state index is 0.0961. The predicted octanol–water partition coefficient (Wildman–Crippen LogP) is 2.00. The fourth-order valence-electron chi connectivity index (χ4n) is 3.40. The summed E-state index contributed by atoms with van der Waals surface area (Å²) >= 11 is 0. The number of carbonyl (C=O) groups is 2. The van der Waals surface area contributed by atoms with Crippen LogP contribution in [0, 0.1) is 13.8 Å². The van der Waals surface area contributed by atoms with Gasteiger partial charge in [-0.2, -0.15) is 5.10 Å². The molecule has 146 valence electrons. The Morgan fingerprint density at radius 3 is 2.89 bits per heavy atom. The lowest BCUT2D eigenvalue weighted by Gasteiger charge is -2.32. The van der Waals surface area contributed by atoms with Crippen molar-refractivity contribution in [3.63, 3.8) is 0 Å². The maximum atomic E-state index is 13.0. The van der Waals surface area contributed by atoms with Gasteiger partial charge in [-0.25, -0.2) is 0 Å². The Balaban J connectivity index is 1.47. The highest BCUT2D eigenvalue weighted by atomic mass is 16.5. The summed E-state index contributed by atoms with van der Waals surface area (Å²) in [5.41, 5.74) is 4.20. The summed E-state index contributed by atoms with van der Waals surface area (Å²) in [5.74, 6) is -0.369. The van der Waals surface area contributed by atoms with Crippen LogP contribution in [-0.4, -0.2) is 57.3 Å². The number of morpholine rings is 1. The average molecular weight is 381 g/mol. The smallest absolute Gasteiger partial charge is 0.255 e. The van der Waals surface area contributed by atoms with Crippen molar-refractivity contribution in [3.05, 3.63) is 47.4 Å². The quantitative estimate of drug-likeness (QED) is 0.726. The van der Waals surface area contributed by atoms with Gasteiger partial charge in [0, 0.05) is 36.3 Å². The SMILES string of the molecule is Cc1c[nH]c2ccc(C(=O)N3CCOC(C(=O)Nc4cnn(C)c4C)C3)cc12. The number of fused-ring (bicyclic) bond motifs is 1. The van der Waals surface area contributed by atoms with Gasteiger partial charge >= 0.3 is 0 Å². The minimum atomic E-state index is -0.713. The number of nitrogens with zero attached hydrogens (tertiary/aromatic N) is 3. The number of ether oxygens (including phenoxy) is 1. The van der Waals surface area contributed by atoms with Gasteiger partial charge in [0.05, 0.1) is 30.7 Å². The molecule has 1 unspecified atom stereocenters. The van der Waals surface area contributed by atoms with Crippen molar-refractivity contribution in [2.24, 2.45) is 7.05 Å². The van der Waals surface area contributed by atoms with Crippen molar-refractivity contribution >= 4 is 28.4 Å². The molecule has 2 N–H and O–H groups in total. The molecule has 0 radical (unpaired) electrons. The van der Waals surface area contributed by atoms with Crippen LogP contribution in [0.25, 0.3) is 10.9 Å². The largest absolute Gasteiger partial charge is 0.365 e. The van der Waals surface area contributed by atoms with Crippen LogP contribution >= 0.6 is 0 Å². The Labute approximate surface area is 162 Å². The Morgan fingerprint density at radius 2 is 2.14 bits per heavy atom. The Morgan fingerprint density at radius 1 is 1.32 bits per heavy atom. The number of aromatic nitrogens is 3. The highest BCUT2D eigenvalue weighted by Crippen LogP contribution is 2.21. The van der Waals surface area contributed by atoms with Gasteiger partial charge in [0.15, 0.2) is 6.10 Å². The molecule has 2 aromatic heterocycles. The zero-order valence-electron chi connectivity index (χ0n) is 16.2. The molecule has 3 aromatic rings. The molecule has 1 aliphatic heterocycles. The van der Waals surface area contributed by atoms with Crippen LogP contribution in [0.1, 0.15) is 21.6 Å². The van der Waals surface area contributed by atoms with Crippen LogP contribution in [0.2, 0.25) is 0 Å². The molecule has 8 nitrogen and oxygen atoms in total. The van der Waals surface area contributed by atoms with E-state index in [-0.39, 0.29) is 18.4 Å². The molecular formula is C20H23N5O3. The van der Waals surface area contributed by atoms with Gasteiger partial charge in [0.2, 0.25) is 0 Å². The topological polar surface area (TPSA) is 92.2 Å². The molecule has 4 rings (SSSR count). The van der Waals surface area contributed by atoms with Gasteiger partial charge in [-0.05, 0) is 37.6 Å². The third-order valence-electron chi connectivity index (χ3n) is 5.27. The van der Waals surface area contributed by atoms with Gasteiger partial charge in [-0.1, -0.05) is 0 Å². The minimum Gasteiger partial charge on any atom is -0.365 e. The van der Waals surface area contributed by atoms with Crippen LogP contribution in [0.15, 0.2) is 30.6 Å². The summed E-state index contributed by atoms with van der Waals surface area (Å²) in [5, 5.41) is 7.99. The first-order valence-corrected chi connectivity index (χ1v) is 9.22. The molecular weight excluding hydrogens is 358 g/mol. The number of rotatable bonds is 3. The normalized spacial score (nSPS) is 17.1. The molecule has 8 heteroatoms. The molecule has 0 bridgehead atoms. The third kappa shape index (κ3) is 3.27. The summed E-state index contributed by atoms with van der Waals surface area (Å²) < 4.78 is 7.30. The van der Waals surface area contributed by atoms with Crippen LogP contribution in [0.5, 0.6) is 0 Å². The summed E-state index contributed by atoms with van der Waals surface area (Å²) in [7, 11) is 1.81. The molecule has 1 saturated heterocycles. The van der Waals surface area contributed by atoms with E-state index in [2.05, 4.69) is 15.4 Å².